The van der Waals surface area contributed by atoms with E-state index in [9.17, 15) is 0 Å². The minimum atomic E-state index is 0.426. The fourth-order valence-electron chi connectivity index (χ4n) is 2.58. The van der Waals surface area contributed by atoms with Crippen LogP contribution in [-0.2, 0) is 0 Å². The van der Waals surface area contributed by atoms with Crippen LogP contribution in [0.3, 0.4) is 0 Å². The average molecular weight is 209 g/mol. The molecule has 0 saturated carbocycles. The van der Waals surface area contributed by atoms with Gasteiger partial charge in [-0.05, 0) is 39.2 Å². The van der Waals surface area contributed by atoms with E-state index >= 15 is 0 Å². The molecule has 2 rings (SSSR count). The second-order valence-electron chi connectivity index (χ2n) is 5.10. The minimum absolute atomic E-state index is 0.426. The molecule has 0 aromatic heterocycles. The van der Waals surface area contributed by atoms with E-state index in [0.29, 0.717) is 6.17 Å². The van der Waals surface area contributed by atoms with Gasteiger partial charge in [-0.2, -0.15) is 0 Å². The zero-order chi connectivity index (χ0) is 10.8. The molecule has 3 heteroatoms. The van der Waals surface area contributed by atoms with Crippen molar-refractivity contribution in [2.45, 2.75) is 39.8 Å². The van der Waals surface area contributed by atoms with Crippen LogP contribution in [0.2, 0.25) is 0 Å². The first-order chi connectivity index (χ1) is 7.15. The maximum atomic E-state index is 3.49. The first kappa shape index (κ1) is 10.8. The summed E-state index contributed by atoms with van der Waals surface area (Å²) in [6, 6.07) is 0. The van der Waals surface area contributed by atoms with E-state index in [1.165, 1.54) is 37.3 Å². The van der Waals surface area contributed by atoms with Crippen molar-refractivity contribution >= 4 is 0 Å². The lowest BCUT2D eigenvalue weighted by atomic mass is 10.0. The second-order valence-corrected chi connectivity index (χ2v) is 5.10. The third-order valence-electron chi connectivity index (χ3n) is 3.53. The van der Waals surface area contributed by atoms with Gasteiger partial charge in [0.05, 0.1) is 0 Å². The van der Waals surface area contributed by atoms with E-state index in [1.807, 2.05) is 0 Å². The molecular weight excluding hydrogens is 186 g/mol. The summed E-state index contributed by atoms with van der Waals surface area (Å²) in [5.41, 5.74) is 2.59. The molecule has 0 aromatic carbocycles. The van der Waals surface area contributed by atoms with E-state index < -0.39 is 0 Å². The standard InChI is InChI=1S/C12H23N3/c1-9-5-4-6-15(7-9)8-12-13-10(2)11(3)14-12/h9,12-14H,4-8H2,1-3H3. The maximum Gasteiger partial charge on any atom is 0.109 e. The number of hydrogen-bond acceptors (Lipinski definition) is 3. The Hall–Kier alpha value is -0.700. The van der Waals surface area contributed by atoms with Crippen molar-refractivity contribution in [1.29, 1.82) is 0 Å². The summed E-state index contributed by atoms with van der Waals surface area (Å²) in [7, 11) is 0. The summed E-state index contributed by atoms with van der Waals surface area (Å²) in [4.78, 5) is 2.57. The molecule has 2 aliphatic rings. The summed E-state index contributed by atoms with van der Waals surface area (Å²) in [6.07, 6.45) is 3.19. The smallest absolute Gasteiger partial charge is 0.109 e. The summed E-state index contributed by atoms with van der Waals surface area (Å²) >= 11 is 0. The van der Waals surface area contributed by atoms with E-state index in [1.54, 1.807) is 0 Å². The van der Waals surface area contributed by atoms with Crippen molar-refractivity contribution in [2.75, 3.05) is 19.6 Å². The summed E-state index contributed by atoms with van der Waals surface area (Å²) in [5, 5.41) is 6.99. The lowest BCUT2D eigenvalue weighted by molar-refractivity contribution is 0.167. The van der Waals surface area contributed by atoms with Crippen LogP contribution in [0.1, 0.15) is 33.6 Å². The van der Waals surface area contributed by atoms with Crippen molar-refractivity contribution in [3.8, 4) is 0 Å². The lowest BCUT2D eigenvalue weighted by Crippen LogP contribution is -2.47. The van der Waals surface area contributed by atoms with Gasteiger partial charge in [-0.3, -0.25) is 4.90 Å². The van der Waals surface area contributed by atoms with Gasteiger partial charge in [0.25, 0.3) is 0 Å². The van der Waals surface area contributed by atoms with Gasteiger partial charge >= 0.3 is 0 Å². The molecule has 0 amide bonds. The van der Waals surface area contributed by atoms with Gasteiger partial charge in [0.1, 0.15) is 6.17 Å². The van der Waals surface area contributed by atoms with Crippen LogP contribution < -0.4 is 10.6 Å². The fourth-order valence-corrected chi connectivity index (χ4v) is 2.58. The van der Waals surface area contributed by atoms with Crippen molar-refractivity contribution in [2.24, 2.45) is 5.92 Å². The quantitative estimate of drug-likeness (QED) is 0.721. The number of rotatable bonds is 2. The summed E-state index contributed by atoms with van der Waals surface area (Å²) < 4.78 is 0. The summed E-state index contributed by atoms with van der Waals surface area (Å²) in [5.74, 6) is 0.871. The van der Waals surface area contributed by atoms with Crippen LogP contribution >= 0.6 is 0 Å². The van der Waals surface area contributed by atoms with Crippen LogP contribution in [0.5, 0.6) is 0 Å². The first-order valence-corrected chi connectivity index (χ1v) is 6.08. The Morgan fingerprint density at radius 3 is 2.53 bits per heavy atom. The van der Waals surface area contributed by atoms with Gasteiger partial charge in [-0.15, -0.1) is 0 Å². The maximum absolute atomic E-state index is 3.49. The van der Waals surface area contributed by atoms with Crippen molar-refractivity contribution in [3.63, 3.8) is 0 Å². The highest BCUT2D eigenvalue weighted by Gasteiger charge is 2.22. The van der Waals surface area contributed by atoms with Crippen LogP contribution in [0.25, 0.3) is 0 Å². The Morgan fingerprint density at radius 1 is 1.27 bits per heavy atom. The van der Waals surface area contributed by atoms with Crippen molar-refractivity contribution in [3.05, 3.63) is 11.4 Å². The van der Waals surface area contributed by atoms with Gasteiger partial charge in [-0.1, -0.05) is 6.92 Å². The Morgan fingerprint density at radius 2 is 1.93 bits per heavy atom. The number of nitrogens with one attached hydrogen (secondary N) is 2. The molecule has 1 atom stereocenters. The van der Waals surface area contributed by atoms with E-state index in [-0.39, 0.29) is 0 Å². The largest absolute Gasteiger partial charge is 0.367 e. The van der Waals surface area contributed by atoms with Crippen LogP contribution in [0.15, 0.2) is 11.4 Å². The molecule has 15 heavy (non-hydrogen) atoms. The molecule has 2 heterocycles. The molecule has 3 nitrogen and oxygen atoms in total. The van der Waals surface area contributed by atoms with E-state index in [4.69, 9.17) is 0 Å². The number of allylic oxidation sites excluding steroid dienone is 2. The molecule has 0 bridgehead atoms. The van der Waals surface area contributed by atoms with Crippen LogP contribution in [0.4, 0.5) is 0 Å². The normalized spacial score (nSPS) is 29.1. The Kier molecular flexibility index (Phi) is 3.19. The number of nitrogens with zero attached hydrogens (tertiary/aromatic N) is 1. The number of likely N-dealkylation sites (tertiary alicyclic amines) is 1. The Labute approximate surface area is 92.9 Å². The lowest BCUT2D eigenvalue weighted by Gasteiger charge is -2.32. The SMILES string of the molecule is CC1=C(C)NC(CN2CCCC(C)C2)N1. The molecule has 0 aromatic rings. The molecule has 0 spiro atoms. The predicted octanol–water partition coefficient (Wildman–Crippen LogP) is 1.49. The molecule has 1 unspecified atom stereocenters. The number of piperidine rings is 1. The van der Waals surface area contributed by atoms with Gasteiger partial charge in [-0.25, -0.2) is 0 Å². The molecule has 1 saturated heterocycles. The number of hydrogen-bond donors (Lipinski definition) is 2. The third kappa shape index (κ3) is 2.65. The second kappa shape index (κ2) is 4.44. The van der Waals surface area contributed by atoms with E-state index in [2.05, 4.69) is 36.3 Å². The predicted molar refractivity (Wildman–Crippen MR) is 63.3 cm³/mol. The minimum Gasteiger partial charge on any atom is -0.367 e. The van der Waals surface area contributed by atoms with Crippen molar-refractivity contribution in [1.82, 2.24) is 15.5 Å². The molecule has 0 radical (unpaired) electrons. The van der Waals surface area contributed by atoms with Gasteiger partial charge < -0.3 is 10.6 Å². The molecule has 1 fully saturated rings. The zero-order valence-electron chi connectivity index (χ0n) is 10.1. The van der Waals surface area contributed by atoms with Crippen LogP contribution in [-0.4, -0.2) is 30.7 Å². The Balaban J connectivity index is 1.78. The van der Waals surface area contributed by atoms with Gasteiger partial charge in [0, 0.05) is 24.5 Å². The third-order valence-corrected chi connectivity index (χ3v) is 3.53. The highest BCUT2D eigenvalue weighted by Crippen LogP contribution is 2.16. The Bertz CT molecular complexity index is 246. The summed E-state index contributed by atoms with van der Waals surface area (Å²) in [6.45, 7) is 10.3. The molecule has 86 valence electrons. The topological polar surface area (TPSA) is 27.3 Å². The first-order valence-electron chi connectivity index (χ1n) is 6.08. The highest BCUT2D eigenvalue weighted by atomic mass is 15.3. The van der Waals surface area contributed by atoms with Crippen molar-refractivity contribution < 1.29 is 0 Å². The fraction of sp³-hybridized carbons (Fsp3) is 0.833. The average Bonchev–Trinajstić information content (AvgIpc) is 2.45. The van der Waals surface area contributed by atoms with Gasteiger partial charge in [0.15, 0.2) is 0 Å². The van der Waals surface area contributed by atoms with Gasteiger partial charge in [0.2, 0.25) is 0 Å². The van der Waals surface area contributed by atoms with E-state index in [0.717, 1.165) is 12.5 Å². The van der Waals surface area contributed by atoms with Crippen LogP contribution in [0, 0.1) is 5.92 Å². The molecule has 2 N–H and O–H groups in total. The highest BCUT2D eigenvalue weighted by molar-refractivity contribution is 5.13. The monoisotopic (exact) mass is 209 g/mol. The molecule has 2 aliphatic heterocycles. The zero-order valence-corrected chi connectivity index (χ0v) is 10.1. The molecule has 0 aliphatic carbocycles. The molecular formula is C12H23N3.